The first kappa shape index (κ1) is 25.7. The highest BCUT2D eigenvalue weighted by Crippen LogP contribution is 2.52. The first-order valence-electron chi connectivity index (χ1n) is 11.3. The minimum Gasteiger partial charge on any atom is -0.492 e. The van der Waals surface area contributed by atoms with Gasteiger partial charge in [0, 0.05) is 18.4 Å². The molecule has 1 atom stereocenters. The lowest BCUT2D eigenvalue weighted by atomic mass is 9.88. The number of hydrogen-bond donors (Lipinski definition) is 1. The van der Waals surface area contributed by atoms with Crippen molar-refractivity contribution in [3.05, 3.63) is 71.5 Å². The van der Waals surface area contributed by atoms with Crippen LogP contribution in [0.4, 0.5) is 10.1 Å². The van der Waals surface area contributed by atoms with Gasteiger partial charge in [0.05, 0.1) is 38.7 Å². The third-order valence-corrected chi connectivity index (χ3v) is 6.11. The van der Waals surface area contributed by atoms with E-state index in [0.29, 0.717) is 66.1 Å². The normalized spacial score (nSPS) is 14.4. The standard InChI is InChI=1S/C26H28FNO7S/c1-31-11-12-33-13-14-34-23-10-9-22-24(26(23)32-2)20-8-7-19(28-36(3,29)30)16-21(20)25(35-22)17-5-4-6-18(27)15-17/h4-10,15-16,25,28H,11-14H2,1-3H3. The fraction of sp³-hybridized carbons (Fsp3) is 0.308. The van der Waals surface area contributed by atoms with Gasteiger partial charge in [-0.3, -0.25) is 4.72 Å². The lowest BCUT2D eigenvalue weighted by Crippen LogP contribution is -2.18. The molecule has 1 N–H and O–H groups in total. The molecule has 1 aliphatic rings. The van der Waals surface area contributed by atoms with E-state index >= 15 is 0 Å². The minimum absolute atomic E-state index is 0.301. The van der Waals surface area contributed by atoms with E-state index in [9.17, 15) is 12.8 Å². The van der Waals surface area contributed by atoms with Gasteiger partial charge in [0.1, 0.15) is 24.3 Å². The van der Waals surface area contributed by atoms with Crippen molar-refractivity contribution in [3.8, 4) is 28.4 Å². The van der Waals surface area contributed by atoms with E-state index in [1.165, 1.54) is 19.2 Å². The summed E-state index contributed by atoms with van der Waals surface area (Å²) in [6, 6.07) is 14.8. The molecule has 0 bridgehead atoms. The molecule has 0 radical (unpaired) electrons. The number of methoxy groups -OCH3 is 2. The molecule has 3 aromatic carbocycles. The van der Waals surface area contributed by atoms with Gasteiger partial charge in [0.15, 0.2) is 11.5 Å². The van der Waals surface area contributed by atoms with Gasteiger partial charge in [0.2, 0.25) is 10.0 Å². The fourth-order valence-electron chi connectivity index (χ4n) is 4.06. The molecule has 36 heavy (non-hydrogen) atoms. The molecular weight excluding hydrogens is 489 g/mol. The van der Waals surface area contributed by atoms with E-state index in [1.807, 2.05) is 0 Å². The highest BCUT2D eigenvalue weighted by atomic mass is 32.2. The number of anilines is 1. The topological polar surface area (TPSA) is 92.3 Å². The van der Waals surface area contributed by atoms with Gasteiger partial charge in [-0.1, -0.05) is 18.2 Å². The van der Waals surface area contributed by atoms with Gasteiger partial charge < -0.3 is 23.7 Å². The average molecular weight is 518 g/mol. The summed E-state index contributed by atoms with van der Waals surface area (Å²) in [5.41, 5.74) is 3.02. The number of hydrogen-bond acceptors (Lipinski definition) is 7. The Morgan fingerprint density at radius 3 is 2.53 bits per heavy atom. The van der Waals surface area contributed by atoms with Crippen LogP contribution in [0.3, 0.4) is 0 Å². The summed E-state index contributed by atoms with van der Waals surface area (Å²) in [4.78, 5) is 0. The molecule has 1 heterocycles. The third-order valence-electron chi connectivity index (χ3n) is 5.51. The Bertz CT molecular complexity index is 1330. The number of fused-ring (bicyclic) bond motifs is 3. The van der Waals surface area contributed by atoms with Gasteiger partial charge in [-0.2, -0.15) is 0 Å². The summed E-state index contributed by atoms with van der Waals surface area (Å²) >= 11 is 0. The lowest BCUT2D eigenvalue weighted by Gasteiger charge is -2.31. The maximum Gasteiger partial charge on any atom is 0.229 e. The molecule has 10 heteroatoms. The molecule has 192 valence electrons. The van der Waals surface area contributed by atoms with Crippen LogP contribution < -0.4 is 18.9 Å². The monoisotopic (exact) mass is 517 g/mol. The van der Waals surface area contributed by atoms with E-state index in [0.717, 1.165) is 11.8 Å². The van der Waals surface area contributed by atoms with Crippen LogP contribution in [0.2, 0.25) is 0 Å². The van der Waals surface area contributed by atoms with E-state index in [-0.39, 0.29) is 0 Å². The van der Waals surface area contributed by atoms with E-state index in [2.05, 4.69) is 4.72 Å². The third kappa shape index (κ3) is 5.89. The van der Waals surface area contributed by atoms with E-state index in [4.69, 9.17) is 23.7 Å². The van der Waals surface area contributed by atoms with Crippen LogP contribution in [0.1, 0.15) is 17.2 Å². The van der Waals surface area contributed by atoms with Gasteiger partial charge >= 0.3 is 0 Å². The average Bonchev–Trinajstić information content (AvgIpc) is 2.84. The molecule has 0 aliphatic carbocycles. The quantitative estimate of drug-likeness (QED) is 0.377. The van der Waals surface area contributed by atoms with Gasteiger partial charge in [-0.25, -0.2) is 12.8 Å². The molecule has 1 unspecified atom stereocenters. The molecule has 0 saturated heterocycles. The first-order chi connectivity index (χ1) is 17.3. The number of halogens is 1. The van der Waals surface area contributed by atoms with Crippen molar-refractivity contribution in [2.75, 3.05) is 51.6 Å². The van der Waals surface area contributed by atoms with Crippen molar-refractivity contribution in [3.63, 3.8) is 0 Å². The number of sulfonamides is 1. The van der Waals surface area contributed by atoms with Crippen molar-refractivity contribution in [1.82, 2.24) is 0 Å². The predicted molar refractivity (Wildman–Crippen MR) is 134 cm³/mol. The SMILES string of the molecule is COCCOCCOc1ccc2c(c1OC)-c1ccc(NS(C)(=O)=O)cc1C(c1cccc(F)c1)O2. The molecule has 8 nitrogen and oxygen atoms in total. The molecular formula is C26H28FNO7S. The summed E-state index contributed by atoms with van der Waals surface area (Å²) in [7, 11) is -0.362. The van der Waals surface area contributed by atoms with Gasteiger partial charge in [0.25, 0.3) is 0 Å². The van der Waals surface area contributed by atoms with Crippen LogP contribution in [0, 0.1) is 5.82 Å². The van der Waals surface area contributed by atoms with Gasteiger partial charge in [-0.05, 0) is 47.5 Å². The van der Waals surface area contributed by atoms with Gasteiger partial charge in [-0.15, -0.1) is 0 Å². The fourth-order valence-corrected chi connectivity index (χ4v) is 4.62. The van der Waals surface area contributed by atoms with Crippen molar-refractivity contribution >= 4 is 15.7 Å². The maximum atomic E-state index is 14.1. The van der Waals surface area contributed by atoms with Crippen LogP contribution in [-0.4, -0.2) is 55.3 Å². The second-order valence-electron chi connectivity index (χ2n) is 8.15. The first-order valence-corrected chi connectivity index (χ1v) is 13.1. The summed E-state index contributed by atoms with van der Waals surface area (Å²) in [6.07, 6.45) is 0.406. The molecule has 4 rings (SSSR count). The zero-order chi connectivity index (χ0) is 25.7. The Labute approximate surface area is 210 Å². The van der Waals surface area contributed by atoms with E-state index in [1.54, 1.807) is 49.6 Å². The zero-order valence-corrected chi connectivity index (χ0v) is 21.1. The summed E-state index contributed by atoms with van der Waals surface area (Å²) < 4.78 is 68.7. The highest BCUT2D eigenvalue weighted by molar-refractivity contribution is 7.92. The largest absolute Gasteiger partial charge is 0.492 e. The van der Waals surface area contributed by atoms with Crippen LogP contribution in [0.25, 0.3) is 11.1 Å². The minimum atomic E-state index is -3.51. The molecule has 0 aromatic heterocycles. The summed E-state index contributed by atoms with van der Waals surface area (Å²) in [5, 5.41) is 0. The molecule has 0 amide bonds. The molecule has 0 spiro atoms. The zero-order valence-electron chi connectivity index (χ0n) is 20.2. The maximum absolute atomic E-state index is 14.1. The summed E-state index contributed by atoms with van der Waals surface area (Å²) in [6.45, 7) is 1.64. The van der Waals surface area contributed by atoms with Crippen molar-refractivity contribution in [1.29, 1.82) is 0 Å². The second kappa shape index (κ2) is 11.2. The van der Waals surface area contributed by atoms with Crippen molar-refractivity contribution < 1.29 is 36.5 Å². The molecule has 0 saturated carbocycles. The smallest absolute Gasteiger partial charge is 0.229 e. The van der Waals surface area contributed by atoms with Crippen LogP contribution >= 0.6 is 0 Å². The molecule has 1 aliphatic heterocycles. The Hall–Kier alpha value is -3.34. The Morgan fingerprint density at radius 2 is 1.81 bits per heavy atom. The predicted octanol–water partition coefficient (Wildman–Crippen LogP) is 4.40. The van der Waals surface area contributed by atoms with Crippen molar-refractivity contribution in [2.45, 2.75) is 6.10 Å². The van der Waals surface area contributed by atoms with E-state index < -0.39 is 21.9 Å². The van der Waals surface area contributed by atoms with Crippen LogP contribution in [0.15, 0.2) is 54.6 Å². The number of nitrogens with one attached hydrogen (secondary N) is 1. The summed E-state index contributed by atoms with van der Waals surface area (Å²) in [5.74, 6) is 1.10. The Kier molecular flexibility index (Phi) is 7.97. The number of benzene rings is 3. The second-order valence-corrected chi connectivity index (χ2v) is 9.90. The highest BCUT2D eigenvalue weighted by Gasteiger charge is 2.32. The Morgan fingerprint density at radius 1 is 1.00 bits per heavy atom. The number of ether oxygens (including phenoxy) is 5. The van der Waals surface area contributed by atoms with Crippen LogP contribution in [0.5, 0.6) is 17.2 Å². The Balaban J connectivity index is 1.74. The lowest BCUT2D eigenvalue weighted by molar-refractivity contribution is 0.0540. The van der Waals surface area contributed by atoms with Crippen LogP contribution in [-0.2, 0) is 19.5 Å². The van der Waals surface area contributed by atoms with Crippen molar-refractivity contribution in [2.24, 2.45) is 0 Å². The number of rotatable bonds is 11. The molecule has 3 aromatic rings. The molecule has 0 fully saturated rings.